The maximum Gasteiger partial charge on any atom is 0.148 e. The van der Waals surface area contributed by atoms with E-state index in [0.717, 1.165) is 59.4 Å². The zero-order chi connectivity index (χ0) is 44.4. The fraction of sp³-hybridized carbons (Fsp3) is 0.271. The van der Waals surface area contributed by atoms with E-state index < -0.39 is 25.5 Å². The largest absolute Gasteiger partial charge is 0.498 e. The third kappa shape index (κ3) is 8.12. The molecular weight excluding hydrogens is 859 g/mol. The molecule has 8 aromatic rings. The van der Waals surface area contributed by atoms with Crippen molar-refractivity contribution in [2.75, 3.05) is 0 Å². The molecule has 4 aromatic carbocycles. The van der Waals surface area contributed by atoms with Gasteiger partial charge in [-0.15, -0.1) is 64.9 Å². The number of pyridine rings is 2. The number of nitrogens with zero attached hydrogens (tertiary/aromatic N) is 3. The number of rotatable bonds is 4. The smallest absolute Gasteiger partial charge is 0.148 e. The Hall–Kier alpha value is -4.48. The summed E-state index contributed by atoms with van der Waals surface area (Å²) in [5.41, 5.74) is 9.38. The second kappa shape index (κ2) is 15.3. The van der Waals surface area contributed by atoms with Crippen molar-refractivity contribution in [3.05, 3.63) is 136 Å². The predicted molar refractivity (Wildman–Crippen MR) is 224 cm³/mol. The van der Waals surface area contributed by atoms with Crippen molar-refractivity contribution >= 4 is 43.5 Å². The summed E-state index contributed by atoms with van der Waals surface area (Å²) in [5.74, 6) is 0. The standard InChI is InChI=1S/C35H35N2OS.C13H12N.Ir/c1-20-11-9-12-21(2)29(20)26-17-27(36-19-22(26)18-34(3,4)5)25-14-10-13-23-24-15-16-28-30(32(24)38-31(23)25)37-33(39-28)35(6,7)8;1-10-3-6-12(7-4-10)13-8-5-11(2)9-14-13;/h9-13,15-17,19H,18H2,1-8H3;3-6,8-9H,1-2H3;/q2*-1;/i18D2;1D3,2D3;. The molecule has 4 aromatic heterocycles. The van der Waals surface area contributed by atoms with Gasteiger partial charge in [0.15, 0.2) is 0 Å². The molecule has 1 radical (unpaired) electrons. The SMILES string of the molecule is [2H]C([2H])([2H])c1c[c-]c(-c2ccc(C([2H])([2H])[2H])cn2)cc1.[2H]C([2H])(c1cnc(-c2[c-]ccc3c2oc2c3ccc3sc(C(C)(C)C)nc32)cc1-c1c(C)cccc1C)C(C)(C)C.[Ir]. The van der Waals surface area contributed by atoms with E-state index in [1.807, 2.05) is 45.0 Å². The molecule has 0 fully saturated rings. The maximum atomic E-state index is 9.15. The summed E-state index contributed by atoms with van der Waals surface area (Å²) in [6, 6.07) is 30.3. The summed E-state index contributed by atoms with van der Waals surface area (Å²) in [4.78, 5) is 13.9. The van der Waals surface area contributed by atoms with Gasteiger partial charge in [-0.05, 0) is 83.3 Å². The maximum absolute atomic E-state index is 9.15. The first kappa shape index (κ1) is 29.8. The molecule has 0 unspecified atom stereocenters. The first-order chi connectivity index (χ1) is 28.4. The van der Waals surface area contributed by atoms with Crippen molar-refractivity contribution in [1.82, 2.24) is 15.0 Å². The fourth-order valence-corrected chi connectivity index (χ4v) is 7.40. The van der Waals surface area contributed by atoms with E-state index in [0.29, 0.717) is 28.1 Å². The van der Waals surface area contributed by atoms with Gasteiger partial charge in [0.1, 0.15) is 11.1 Å². The van der Waals surface area contributed by atoms with Gasteiger partial charge in [-0.3, -0.25) is 0 Å². The molecule has 0 saturated heterocycles. The van der Waals surface area contributed by atoms with E-state index in [1.165, 1.54) is 24.4 Å². The number of aryl methyl sites for hydroxylation is 4. The van der Waals surface area contributed by atoms with Crippen molar-refractivity contribution in [2.45, 2.75) is 80.9 Å². The Bertz CT molecular complexity index is 2830. The Labute approximate surface area is 348 Å². The molecule has 0 N–H and O–H groups in total. The van der Waals surface area contributed by atoms with Crippen LogP contribution < -0.4 is 0 Å². The number of aromatic nitrogens is 3. The van der Waals surface area contributed by atoms with Crippen LogP contribution in [0.5, 0.6) is 0 Å². The van der Waals surface area contributed by atoms with Gasteiger partial charge < -0.3 is 14.4 Å². The molecule has 6 heteroatoms. The number of furan rings is 1. The van der Waals surface area contributed by atoms with E-state index in [9.17, 15) is 0 Å². The molecule has 0 bridgehead atoms. The second-order valence-electron chi connectivity index (χ2n) is 15.4. The van der Waals surface area contributed by atoms with Gasteiger partial charge in [0, 0.05) is 54.3 Å². The molecule has 54 heavy (non-hydrogen) atoms. The van der Waals surface area contributed by atoms with Crippen LogP contribution in [-0.4, -0.2) is 15.0 Å². The molecule has 0 amide bonds. The Kier molecular flexibility index (Phi) is 8.47. The van der Waals surface area contributed by atoms with Crippen molar-refractivity contribution in [3.8, 4) is 33.6 Å². The third-order valence-electron chi connectivity index (χ3n) is 8.87. The third-order valence-corrected chi connectivity index (χ3v) is 10.3. The van der Waals surface area contributed by atoms with Crippen molar-refractivity contribution in [3.63, 3.8) is 0 Å². The fourth-order valence-electron chi connectivity index (χ4n) is 6.38. The quantitative estimate of drug-likeness (QED) is 0.165. The molecule has 4 nitrogen and oxygen atoms in total. The van der Waals surface area contributed by atoms with Crippen molar-refractivity contribution < 1.29 is 35.5 Å². The summed E-state index contributed by atoms with van der Waals surface area (Å²) in [6.45, 7) is 12.2. The van der Waals surface area contributed by atoms with Crippen LogP contribution in [0.25, 0.3) is 65.8 Å². The van der Waals surface area contributed by atoms with Crippen LogP contribution in [0.2, 0.25) is 0 Å². The summed E-state index contributed by atoms with van der Waals surface area (Å²) in [6.07, 6.45) is 1.40. The molecular formula is C48H47IrN3OS-2. The number of benzene rings is 4. The molecule has 0 saturated carbocycles. The molecule has 277 valence electrons. The summed E-state index contributed by atoms with van der Waals surface area (Å²) in [5, 5.41) is 3.09. The zero-order valence-electron chi connectivity index (χ0n) is 39.7. The molecule has 0 spiro atoms. The van der Waals surface area contributed by atoms with Crippen LogP contribution in [0.15, 0.2) is 95.7 Å². The molecule has 8 rings (SSSR count). The van der Waals surface area contributed by atoms with E-state index in [2.05, 4.69) is 76.0 Å². The van der Waals surface area contributed by atoms with Gasteiger partial charge in [-0.1, -0.05) is 102 Å². The van der Waals surface area contributed by atoms with E-state index in [-0.39, 0.29) is 36.6 Å². The van der Waals surface area contributed by atoms with E-state index in [4.69, 9.17) is 25.4 Å². The van der Waals surface area contributed by atoms with Gasteiger partial charge in [-0.25, -0.2) is 4.98 Å². The van der Waals surface area contributed by atoms with Crippen LogP contribution in [0.4, 0.5) is 0 Å². The van der Waals surface area contributed by atoms with Gasteiger partial charge in [0.25, 0.3) is 0 Å². The second-order valence-corrected chi connectivity index (χ2v) is 16.5. The monoisotopic (exact) mass is 914 g/mol. The van der Waals surface area contributed by atoms with Crippen LogP contribution in [-0.2, 0) is 31.9 Å². The number of hydrogen-bond donors (Lipinski definition) is 0. The van der Waals surface area contributed by atoms with E-state index >= 15 is 0 Å². The van der Waals surface area contributed by atoms with E-state index in [1.54, 1.807) is 29.7 Å². The Morgan fingerprint density at radius 3 is 2.17 bits per heavy atom. The summed E-state index contributed by atoms with van der Waals surface area (Å²) < 4.78 is 69.7. The average molecular weight is 914 g/mol. The van der Waals surface area contributed by atoms with Crippen LogP contribution in [0, 0.1) is 45.1 Å². The van der Waals surface area contributed by atoms with Crippen LogP contribution in [0.1, 0.15) is 85.3 Å². The Balaban J connectivity index is 0.000000258. The normalized spacial score (nSPS) is 14.7. The number of thiazole rings is 1. The van der Waals surface area contributed by atoms with Gasteiger partial charge in [0.2, 0.25) is 0 Å². The average Bonchev–Trinajstić information content (AvgIpc) is 3.80. The topological polar surface area (TPSA) is 51.8 Å². The molecule has 0 atom stereocenters. The van der Waals surface area contributed by atoms with Crippen LogP contribution in [0.3, 0.4) is 0 Å². The van der Waals surface area contributed by atoms with Gasteiger partial charge in [-0.2, -0.15) is 0 Å². The van der Waals surface area contributed by atoms with Crippen LogP contribution >= 0.6 is 11.3 Å². The number of hydrogen-bond acceptors (Lipinski definition) is 5. The first-order valence-corrected chi connectivity index (χ1v) is 18.4. The predicted octanol–water partition coefficient (Wildman–Crippen LogP) is 13.4. The minimum absolute atomic E-state index is 0. The zero-order valence-corrected chi connectivity index (χ0v) is 34.9. The van der Waals surface area contributed by atoms with Gasteiger partial charge in [0.05, 0.1) is 15.3 Å². The molecule has 0 aliphatic carbocycles. The Morgan fingerprint density at radius 1 is 0.796 bits per heavy atom. The van der Waals surface area contributed by atoms with Crippen molar-refractivity contribution in [2.24, 2.45) is 5.41 Å². The molecule has 0 aliphatic heterocycles. The Morgan fingerprint density at radius 2 is 1.52 bits per heavy atom. The minimum Gasteiger partial charge on any atom is -0.498 e. The molecule has 4 heterocycles. The summed E-state index contributed by atoms with van der Waals surface area (Å²) >= 11 is 1.71. The minimum atomic E-state index is -2.18. The molecule has 0 aliphatic rings. The van der Waals surface area contributed by atoms with Crippen molar-refractivity contribution in [1.29, 1.82) is 0 Å². The summed E-state index contributed by atoms with van der Waals surface area (Å²) in [7, 11) is 0. The first-order valence-electron chi connectivity index (χ1n) is 21.6. The van der Waals surface area contributed by atoms with Gasteiger partial charge >= 0.3 is 0 Å². The number of fused-ring (bicyclic) bond motifs is 5.